The molecule has 0 unspecified atom stereocenters. The van der Waals surface area contributed by atoms with E-state index in [2.05, 4.69) is 43.1 Å². The Kier molecular flexibility index (Phi) is 3.62. The van der Waals surface area contributed by atoms with Crippen LogP contribution in [0.3, 0.4) is 0 Å². The first-order chi connectivity index (χ1) is 7.72. The van der Waals surface area contributed by atoms with Gasteiger partial charge in [-0.25, -0.2) is 0 Å². The zero-order valence-electron chi connectivity index (χ0n) is 10.3. The van der Waals surface area contributed by atoms with Crippen LogP contribution in [0.15, 0.2) is 24.3 Å². The fraction of sp³-hybridized carbons (Fsp3) is 0.571. The molecule has 16 heavy (non-hydrogen) atoms. The van der Waals surface area contributed by atoms with Crippen molar-refractivity contribution in [2.75, 3.05) is 20.1 Å². The molecule has 0 saturated carbocycles. The molecule has 2 rings (SSSR count). The van der Waals surface area contributed by atoms with Gasteiger partial charge in [-0.15, -0.1) is 0 Å². The third kappa shape index (κ3) is 2.28. The SMILES string of the molecule is Cc1ccc([C@@H]2[C@@H](CN)CCCN2C)cc1. The number of aryl methyl sites for hydroxylation is 1. The lowest BCUT2D eigenvalue weighted by molar-refractivity contribution is 0.125. The molecule has 1 aliphatic heterocycles. The van der Waals surface area contributed by atoms with Crippen molar-refractivity contribution in [1.82, 2.24) is 4.90 Å². The molecule has 0 amide bonds. The maximum Gasteiger partial charge on any atom is 0.0385 e. The molecule has 1 heterocycles. The van der Waals surface area contributed by atoms with Crippen molar-refractivity contribution in [3.05, 3.63) is 35.4 Å². The van der Waals surface area contributed by atoms with Gasteiger partial charge in [-0.05, 0) is 51.4 Å². The molecule has 0 bridgehead atoms. The fourth-order valence-corrected chi connectivity index (χ4v) is 2.80. The normalized spacial score (nSPS) is 26.9. The summed E-state index contributed by atoms with van der Waals surface area (Å²) in [5.41, 5.74) is 8.64. The molecule has 1 aliphatic rings. The highest BCUT2D eigenvalue weighted by atomic mass is 15.1. The first-order valence-electron chi connectivity index (χ1n) is 6.19. The van der Waals surface area contributed by atoms with E-state index in [0.29, 0.717) is 12.0 Å². The number of nitrogens with zero attached hydrogens (tertiary/aromatic N) is 1. The van der Waals surface area contributed by atoms with Gasteiger partial charge < -0.3 is 5.73 Å². The lowest BCUT2D eigenvalue weighted by Crippen LogP contribution is -2.39. The first-order valence-corrected chi connectivity index (χ1v) is 6.19. The van der Waals surface area contributed by atoms with Crippen molar-refractivity contribution in [2.24, 2.45) is 11.7 Å². The molecule has 88 valence electrons. The van der Waals surface area contributed by atoms with Gasteiger partial charge in [0, 0.05) is 6.04 Å². The minimum Gasteiger partial charge on any atom is -0.330 e. The maximum atomic E-state index is 5.90. The minimum atomic E-state index is 0.513. The number of benzene rings is 1. The number of rotatable bonds is 2. The average molecular weight is 218 g/mol. The molecule has 0 aromatic heterocycles. The third-order valence-corrected chi connectivity index (χ3v) is 3.73. The van der Waals surface area contributed by atoms with Crippen molar-refractivity contribution < 1.29 is 0 Å². The van der Waals surface area contributed by atoms with Gasteiger partial charge in [0.05, 0.1) is 0 Å². The summed E-state index contributed by atoms with van der Waals surface area (Å²) in [6.07, 6.45) is 2.54. The Morgan fingerprint density at radius 2 is 2.00 bits per heavy atom. The van der Waals surface area contributed by atoms with E-state index in [1.807, 2.05) is 0 Å². The second kappa shape index (κ2) is 4.98. The fourth-order valence-electron chi connectivity index (χ4n) is 2.80. The summed E-state index contributed by atoms with van der Waals surface area (Å²) in [5, 5.41) is 0. The Bertz CT molecular complexity index is 331. The second-order valence-electron chi connectivity index (χ2n) is 4.97. The molecule has 2 atom stereocenters. The summed E-state index contributed by atoms with van der Waals surface area (Å²) >= 11 is 0. The molecule has 1 aromatic carbocycles. The second-order valence-corrected chi connectivity index (χ2v) is 4.97. The van der Waals surface area contributed by atoms with Gasteiger partial charge in [0.2, 0.25) is 0 Å². The number of likely N-dealkylation sites (tertiary alicyclic amines) is 1. The topological polar surface area (TPSA) is 29.3 Å². The smallest absolute Gasteiger partial charge is 0.0385 e. The van der Waals surface area contributed by atoms with Gasteiger partial charge in [0.1, 0.15) is 0 Å². The Hall–Kier alpha value is -0.860. The van der Waals surface area contributed by atoms with Crippen LogP contribution < -0.4 is 5.73 Å². The quantitative estimate of drug-likeness (QED) is 0.825. The molecule has 1 saturated heterocycles. The average Bonchev–Trinajstić information content (AvgIpc) is 2.30. The van der Waals surface area contributed by atoms with Crippen LogP contribution in [0.2, 0.25) is 0 Å². The number of nitrogens with two attached hydrogens (primary N) is 1. The van der Waals surface area contributed by atoms with Gasteiger partial charge >= 0.3 is 0 Å². The van der Waals surface area contributed by atoms with Gasteiger partial charge in [-0.1, -0.05) is 29.8 Å². The van der Waals surface area contributed by atoms with Crippen LogP contribution in [-0.4, -0.2) is 25.0 Å². The molecular formula is C14H22N2. The predicted octanol–water partition coefficient (Wildman–Crippen LogP) is 2.34. The molecule has 0 spiro atoms. The summed E-state index contributed by atoms with van der Waals surface area (Å²) in [6, 6.07) is 9.42. The molecule has 1 fully saturated rings. The van der Waals surface area contributed by atoms with Crippen LogP contribution in [0.25, 0.3) is 0 Å². The van der Waals surface area contributed by atoms with Crippen LogP contribution >= 0.6 is 0 Å². The van der Waals surface area contributed by atoms with Gasteiger partial charge in [-0.3, -0.25) is 4.90 Å². The molecule has 2 heteroatoms. The van der Waals surface area contributed by atoms with E-state index in [1.54, 1.807) is 0 Å². The van der Waals surface area contributed by atoms with E-state index in [-0.39, 0.29) is 0 Å². The zero-order chi connectivity index (χ0) is 11.5. The minimum absolute atomic E-state index is 0.513. The molecular weight excluding hydrogens is 196 g/mol. The van der Waals surface area contributed by atoms with Gasteiger partial charge in [0.15, 0.2) is 0 Å². The summed E-state index contributed by atoms with van der Waals surface area (Å²) in [6.45, 7) is 4.12. The van der Waals surface area contributed by atoms with Crippen molar-refractivity contribution in [3.63, 3.8) is 0 Å². The van der Waals surface area contributed by atoms with E-state index in [4.69, 9.17) is 5.73 Å². The molecule has 0 aliphatic carbocycles. The summed E-state index contributed by atoms with van der Waals surface area (Å²) in [7, 11) is 2.21. The lowest BCUT2D eigenvalue weighted by atomic mass is 9.85. The van der Waals surface area contributed by atoms with Crippen molar-refractivity contribution in [2.45, 2.75) is 25.8 Å². The van der Waals surface area contributed by atoms with Crippen LogP contribution in [0.1, 0.15) is 30.0 Å². The highest BCUT2D eigenvalue weighted by molar-refractivity contribution is 5.25. The third-order valence-electron chi connectivity index (χ3n) is 3.73. The summed E-state index contributed by atoms with van der Waals surface area (Å²) in [5.74, 6) is 0.612. The van der Waals surface area contributed by atoms with Crippen molar-refractivity contribution >= 4 is 0 Å². The number of piperidine rings is 1. The van der Waals surface area contributed by atoms with Crippen LogP contribution in [0.5, 0.6) is 0 Å². The summed E-state index contributed by atoms with van der Waals surface area (Å²) < 4.78 is 0. The molecule has 2 N–H and O–H groups in total. The van der Waals surface area contributed by atoms with Crippen LogP contribution in [0.4, 0.5) is 0 Å². The molecule has 1 aromatic rings. The highest BCUT2D eigenvalue weighted by Gasteiger charge is 2.29. The summed E-state index contributed by atoms with van der Waals surface area (Å²) in [4.78, 5) is 2.45. The van der Waals surface area contributed by atoms with E-state index >= 15 is 0 Å². The molecule has 2 nitrogen and oxygen atoms in total. The number of hydrogen-bond acceptors (Lipinski definition) is 2. The standard InChI is InChI=1S/C14H22N2/c1-11-5-7-12(8-6-11)14-13(10-15)4-3-9-16(14)2/h5-8,13-14H,3-4,9-10,15H2,1-2H3/t13-,14-/m1/s1. The van der Waals surface area contributed by atoms with Gasteiger partial charge in [-0.2, -0.15) is 0 Å². The van der Waals surface area contributed by atoms with Crippen LogP contribution in [0, 0.1) is 12.8 Å². The maximum absolute atomic E-state index is 5.90. The van der Waals surface area contributed by atoms with E-state index in [1.165, 1.54) is 30.5 Å². The van der Waals surface area contributed by atoms with Crippen molar-refractivity contribution in [1.29, 1.82) is 0 Å². The van der Waals surface area contributed by atoms with E-state index < -0.39 is 0 Å². The first kappa shape index (κ1) is 11.6. The predicted molar refractivity (Wildman–Crippen MR) is 68.3 cm³/mol. The van der Waals surface area contributed by atoms with E-state index in [0.717, 1.165) is 6.54 Å². The lowest BCUT2D eigenvalue weighted by Gasteiger charge is -2.39. The Morgan fingerprint density at radius 3 is 2.62 bits per heavy atom. The molecule has 0 radical (unpaired) electrons. The Labute approximate surface area is 98.4 Å². The Balaban J connectivity index is 2.24. The van der Waals surface area contributed by atoms with Gasteiger partial charge in [0.25, 0.3) is 0 Å². The van der Waals surface area contributed by atoms with Crippen LogP contribution in [-0.2, 0) is 0 Å². The number of hydrogen-bond donors (Lipinski definition) is 1. The monoisotopic (exact) mass is 218 g/mol. The zero-order valence-corrected chi connectivity index (χ0v) is 10.3. The van der Waals surface area contributed by atoms with Crippen molar-refractivity contribution in [3.8, 4) is 0 Å². The largest absolute Gasteiger partial charge is 0.330 e. The Morgan fingerprint density at radius 1 is 1.31 bits per heavy atom. The van der Waals surface area contributed by atoms with E-state index in [9.17, 15) is 0 Å². The highest BCUT2D eigenvalue weighted by Crippen LogP contribution is 2.34.